The maximum absolute atomic E-state index is 12.6. The second kappa shape index (κ2) is 6.73. The zero-order valence-electron chi connectivity index (χ0n) is 15.6. The molecule has 6 heteroatoms. The molecule has 2 N–H and O–H groups in total. The van der Waals surface area contributed by atoms with Crippen LogP contribution in [0.3, 0.4) is 0 Å². The molecule has 0 radical (unpaired) electrons. The van der Waals surface area contributed by atoms with Crippen LogP contribution in [0, 0.1) is 17.8 Å². The lowest BCUT2D eigenvalue weighted by Crippen LogP contribution is -2.62. The lowest BCUT2D eigenvalue weighted by Gasteiger charge is -2.56. The summed E-state index contributed by atoms with van der Waals surface area (Å²) in [5, 5.41) is 5.81. The molecule has 1 aromatic rings. The third-order valence-electron chi connectivity index (χ3n) is 6.83. The highest BCUT2D eigenvalue weighted by atomic mass is 32.2. The smallest absolute Gasteiger partial charge is 0.321 e. The van der Waals surface area contributed by atoms with Gasteiger partial charge in [-0.3, -0.25) is 10.1 Å². The lowest BCUT2D eigenvalue weighted by molar-refractivity contribution is -0.118. The van der Waals surface area contributed by atoms with Crippen LogP contribution in [0.15, 0.2) is 29.2 Å². The number of nitrogens with one attached hydrogen (secondary N) is 2. The minimum absolute atomic E-state index is 0.0620. The van der Waals surface area contributed by atoms with Crippen molar-refractivity contribution in [3.05, 3.63) is 24.3 Å². The van der Waals surface area contributed by atoms with Crippen LogP contribution in [-0.4, -0.2) is 36.3 Å². The van der Waals surface area contributed by atoms with Crippen molar-refractivity contribution >= 4 is 29.4 Å². The normalized spacial score (nSPS) is 33.5. The molecule has 3 amide bonds. The number of urea groups is 1. The average Bonchev–Trinajstić information content (AvgIpc) is 2.60. The predicted molar refractivity (Wildman–Crippen MR) is 107 cm³/mol. The van der Waals surface area contributed by atoms with Gasteiger partial charge in [-0.25, -0.2) is 4.79 Å². The summed E-state index contributed by atoms with van der Waals surface area (Å²) < 4.78 is 0. The highest BCUT2D eigenvalue weighted by Crippen LogP contribution is 2.55. The number of carbonyl (C=O) groups is 2. The summed E-state index contributed by atoms with van der Waals surface area (Å²) >= 11 is 1.82. The fourth-order valence-corrected chi connectivity index (χ4v) is 7.32. The van der Waals surface area contributed by atoms with E-state index in [2.05, 4.69) is 21.6 Å². The minimum Gasteiger partial charge on any atom is -0.360 e. The third kappa shape index (κ3) is 3.44. The molecule has 4 aliphatic carbocycles. The molecule has 0 unspecified atom stereocenters. The van der Waals surface area contributed by atoms with Crippen LogP contribution in [0.4, 0.5) is 10.5 Å². The Morgan fingerprint density at radius 2 is 1.74 bits per heavy atom. The van der Waals surface area contributed by atoms with Gasteiger partial charge in [-0.1, -0.05) is 12.1 Å². The number of para-hydroxylation sites is 1. The number of anilines is 1. The van der Waals surface area contributed by atoms with Gasteiger partial charge in [-0.05, 0) is 68.4 Å². The van der Waals surface area contributed by atoms with Crippen molar-refractivity contribution in [3.8, 4) is 0 Å². The van der Waals surface area contributed by atoms with Crippen LogP contribution < -0.4 is 15.5 Å². The molecule has 5 nitrogen and oxygen atoms in total. The number of rotatable bonds is 3. The Morgan fingerprint density at radius 3 is 2.44 bits per heavy atom. The van der Waals surface area contributed by atoms with E-state index in [9.17, 15) is 9.59 Å². The number of carbonyl (C=O) groups excluding carboxylic acids is 2. The molecule has 5 aliphatic rings. The summed E-state index contributed by atoms with van der Waals surface area (Å²) in [6, 6.07) is 7.85. The van der Waals surface area contributed by atoms with Gasteiger partial charge >= 0.3 is 6.03 Å². The topological polar surface area (TPSA) is 61.4 Å². The van der Waals surface area contributed by atoms with E-state index in [1.54, 1.807) is 0 Å². The number of amides is 3. The quantitative estimate of drug-likeness (QED) is 0.837. The van der Waals surface area contributed by atoms with Crippen molar-refractivity contribution < 1.29 is 9.59 Å². The van der Waals surface area contributed by atoms with Crippen LogP contribution in [-0.2, 0) is 4.79 Å². The Labute approximate surface area is 164 Å². The zero-order valence-corrected chi connectivity index (χ0v) is 16.4. The number of hydrogen-bond acceptors (Lipinski definition) is 4. The van der Waals surface area contributed by atoms with Gasteiger partial charge in [0.2, 0.25) is 5.91 Å². The van der Waals surface area contributed by atoms with E-state index < -0.39 is 0 Å². The van der Waals surface area contributed by atoms with Crippen molar-refractivity contribution in [2.45, 2.75) is 49.0 Å². The molecule has 144 valence electrons. The van der Waals surface area contributed by atoms with Crippen molar-refractivity contribution in [2.75, 3.05) is 23.7 Å². The molecule has 0 saturated heterocycles. The van der Waals surface area contributed by atoms with E-state index in [-0.39, 0.29) is 24.0 Å². The summed E-state index contributed by atoms with van der Waals surface area (Å²) in [6.07, 6.45) is 7.31. The first-order valence-electron chi connectivity index (χ1n) is 10.2. The van der Waals surface area contributed by atoms with E-state index in [1.165, 1.54) is 24.2 Å². The van der Waals surface area contributed by atoms with Crippen LogP contribution in [0.5, 0.6) is 0 Å². The Kier molecular flexibility index (Phi) is 4.34. The summed E-state index contributed by atoms with van der Waals surface area (Å²) in [7, 11) is 0. The van der Waals surface area contributed by atoms with E-state index in [0.717, 1.165) is 55.0 Å². The highest BCUT2D eigenvalue weighted by Gasteiger charge is 2.51. The summed E-state index contributed by atoms with van der Waals surface area (Å²) in [6.45, 7) is 1.05. The fourth-order valence-electron chi connectivity index (χ4n) is 6.27. The first kappa shape index (κ1) is 17.4. The number of thioether (sulfide) groups is 1. The Bertz CT molecular complexity index is 730. The standard InChI is InChI=1S/C21H27N3O2S/c25-19(13-24-5-6-27-18-4-2-1-3-17(18)24)22-20(26)23-21-10-14-7-15(11-21)9-16(8-14)12-21/h1-4,14-16H,5-13H2,(H2,22,23,25,26). The van der Waals surface area contributed by atoms with Gasteiger partial charge in [0.1, 0.15) is 0 Å². The summed E-state index contributed by atoms with van der Waals surface area (Å²) in [4.78, 5) is 28.3. The third-order valence-corrected chi connectivity index (χ3v) is 7.87. The Hall–Kier alpha value is -1.69. The fraction of sp³-hybridized carbons (Fsp3) is 0.619. The average molecular weight is 386 g/mol. The van der Waals surface area contributed by atoms with Crippen molar-refractivity contribution in [1.82, 2.24) is 10.6 Å². The molecule has 1 heterocycles. The summed E-state index contributed by atoms with van der Waals surface area (Å²) in [5.74, 6) is 3.06. The first-order valence-corrected chi connectivity index (χ1v) is 11.2. The SMILES string of the molecule is O=C(CN1CCSc2ccccc21)NC(=O)NC12CC3CC(CC(C3)C1)C2. The van der Waals surface area contributed by atoms with Crippen LogP contribution >= 0.6 is 11.8 Å². The summed E-state index contributed by atoms with van der Waals surface area (Å²) in [5.41, 5.74) is 1.03. The molecular weight excluding hydrogens is 358 g/mol. The van der Waals surface area contributed by atoms with Gasteiger partial charge in [-0.2, -0.15) is 0 Å². The maximum atomic E-state index is 12.6. The monoisotopic (exact) mass is 385 g/mol. The molecule has 1 aromatic carbocycles. The van der Waals surface area contributed by atoms with E-state index in [4.69, 9.17) is 0 Å². The second-order valence-corrected chi connectivity index (χ2v) is 10.1. The largest absolute Gasteiger partial charge is 0.360 e. The molecule has 0 aromatic heterocycles. The Morgan fingerprint density at radius 1 is 1.07 bits per heavy atom. The van der Waals surface area contributed by atoms with E-state index in [0.29, 0.717) is 0 Å². The predicted octanol–water partition coefficient (Wildman–Crippen LogP) is 3.39. The van der Waals surface area contributed by atoms with E-state index >= 15 is 0 Å². The number of nitrogens with zero attached hydrogens (tertiary/aromatic N) is 1. The molecule has 27 heavy (non-hydrogen) atoms. The van der Waals surface area contributed by atoms with Gasteiger partial charge in [0.25, 0.3) is 0 Å². The van der Waals surface area contributed by atoms with Crippen LogP contribution in [0.1, 0.15) is 38.5 Å². The lowest BCUT2D eigenvalue weighted by atomic mass is 9.53. The molecule has 0 atom stereocenters. The number of imide groups is 1. The molecule has 4 bridgehead atoms. The molecule has 1 aliphatic heterocycles. The van der Waals surface area contributed by atoms with Gasteiger partial charge < -0.3 is 10.2 Å². The highest BCUT2D eigenvalue weighted by molar-refractivity contribution is 7.99. The van der Waals surface area contributed by atoms with Crippen molar-refractivity contribution in [2.24, 2.45) is 17.8 Å². The first-order chi connectivity index (χ1) is 13.1. The molecule has 4 saturated carbocycles. The van der Waals surface area contributed by atoms with E-state index in [1.807, 2.05) is 30.0 Å². The van der Waals surface area contributed by atoms with Gasteiger partial charge in [0.05, 0.1) is 12.2 Å². The van der Waals surface area contributed by atoms with Gasteiger partial charge in [-0.15, -0.1) is 11.8 Å². The Balaban J connectivity index is 1.19. The van der Waals surface area contributed by atoms with Crippen molar-refractivity contribution in [1.29, 1.82) is 0 Å². The molecule has 4 fully saturated rings. The minimum atomic E-state index is -0.304. The van der Waals surface area contributed by atoms with Crippen LogP contribution in [0.25, 0.3) is 0 Å². The number of benzene rings is 1. The van der Waals surface area contributed by atoms with Gasteiger partial charge in [0, 0.05) is 22.7 Å². The number of fused-ring (bicyclic) bond motifs is 1. The number of hydrogen-bond donors (Lipinski definition) is 2. The molecule has 0 spiro atoms. The molecular formula is C21H27N3O2S. The zero-order chi connectivity index (χ0) is 18.4. The molecule has 6 rings (SSSR count). The second-order valence-electron chi connectivity index (χ2n) is 8.94. The van der Waals surface area contributed by atoms with Crippen molar-refractivity contribution in [3.63, 3.8) is 0 Å². The van der Waals surface area contributed by atoms with Gasteiger partial charge in [0.15, 0.2) is 0 Å². The van der Waals surface area contributed by atoms with Crippen LogP contribution in [0.2, 0.25) is 0 Å². The maximum Gasteiger partial charge on any atom is 0.321 e.